The fourth-order valence-electron chi connectivity index (χ4n) is 2.32. The molecule has 16 heavy (non-hydrogen) atoms. The number of nitrogens with two attached hydrogens (primary N) is 1. The molecule has 2 N–H and O–H groups in total. The number of carbonyl (C=O) groups is 1. The number of amides is 1. The molecule has 2 rings (SSSR count). The van der Waals surface area contributed by atoms with Crippen molar-refractivity contribution in [1.29, 1.82) is 0 Å². The lowest BCUT2D eigenvalue weighted by atomic mass is 10.0. The summed E-state index contributed by atoms with van der Waals surface area (Å²) in [5, 5.41) is 0. The van der Waals surface area contributed by atoms with Crippen molar-refractivity contribution in [3.63, 3.8) is 0 Å². The lowest BCUT2D eigenvalue weighted by molar-refractivity contribution is -0.146. The Bertz CT molecular complexity index is 274. The molecule has 1 unspecified atom stereocenters. The molecule has 92 valence electrons. The van der Waals surface area contributed by atoms with E-state index < -0.39 is 0 Å². The molecule has 0 aromatic carbocycles. The fourth-order valence-corrected chi connectivity index (χ4v) is 2.32. The van der Waals surface area contributed by atoms with Gasteiger partial charge in [0.15, 0.2) is 0 Å². The number of nitrogens with zero attached hydrogens (tertiary/aromatic N) is 1. The first-order valence-corrected chi connectivity index (χ1v) is 6.14. The molecule has 0 radical (unpaired) electrons. The van der Waals surface area contributed by atoms with Gasteiger partial charge in [0.1, 0.15) is 0 Å². The van der Waals surface area contributed by atoms with Crippen LogP contribution in [-0.4, -0.2) is 42.1 Å². The molecule has 2 aliphatic rings. The van der Waals surface area contributed by atoms with E-state index in [-0.39, 0.29) is 17.5 Å². The summed E-state index contributed by atoms with van der Waals surface area (Å²) in [4.78, 5) is 14.1. The van der Waals surface area contributed by atoms with Crippen molar-refractivity contribution in [3.05, 3.63) is 0 Å². The van der Waals surface area contributed by atoms with Gasteiger partial charge in [-0.15, -0.1) is 0 Å². The molecule has 0 aromatic rings. The minimum absolute atomic E-state index is 0.0612. The molecule has 1 heterocycles. The van der Waals surface area contributed by atoms with Crippen LogP contribution in [0.2, 0.25) is 0 Å². The van der Waals surface area contributed by atoms with Gasteiger partial charge in [-0.05, 0) is 32.6 Å². The topological polar surface area (TPSA) is 55.6 Å². The van der Waals surface area contributed by atoms with E-state index in [1.165, 1.54) is 12.8 Å². The van der Waals surface area contributed by atoms with Gasteiger partial charge in [-0.1, -0.05) is 0 Å². The number of rotatable bonds is 3. The summed E-state index contributed by atoms with van der Waals surface area (Å²) in [6, 6.07) is 0.0612. The number of ether oxygens (including phenoxy) is 1. The van der Waals surface area contributed by atoms with Crippen molar-refractivity contribution in [2.24, 2.45) is 11.7 Å². The lowest BCUT2D eigenvalue weighted by Gasteiger charge is -2.42. The van der Waals surface area contributed by atoms with Gasteiger partial charge in [-0.2, -0.15) is 0 Å². The largest absolute Gasteiger partial charge is 0.377 e. The SMILES string of the molecule is CC1(C)COCCN1C(=O)CC(N)C1CC1. The zero-order chi connectivity index (χ0) is 11.8. The molecule has 1 atom stereocenters. The van der Waals surface area contributed by atoms with Crippen molar-refractivity contribution < 1.29 is 9.53 Å². The molecule has 0 spiro atoms. The van der Waals surface area contributed by atoms with Crippen molar-refractivity contribution in [2.75, 3.05) is 19.8 Å². The van der Waals surface area contributed by atoms with E-state index in [0.717, 1.165) is 0 Å². The fraction of sp³-hybridized carbons (Fsp3) is 0.917. The average Bonchev–Trinajstić information content (AvgIpc) is 2.99. The van der Waals surface area contributed by atoms with E-state index in [0.29, 0.717) is 32.1 Å². The van der Waals surface area contributed by atoms with Gasteiger partial charge in [0.2, 0.25) is 5.91 Å². The minimum atomic E-state index is -0.182. The second-order valence-electron chi connectivity index (χ2n) is 5.62. The Hall–Kier alpha value is -0.610. The number of hydrogen-bond donors (Lipinski definition) is 1. The third-order valence-electron chi connectivity index (χ3n) is 3.58. The molecule has 1 amide bonds. The summed E-state index contributed by atoms with van der Waals surface area (Å²) in [5.41, 5.74) is 5.81. The number of carbonyl (C=O) groups excluding carboxylic acids is 1. The number of morpholine rings is 1. The van der Waals surface area contributed by atoms with Gasteiger partial charge >= 0.3 is 0 Å². The Morgan fingerprint density at radius 2 is 2.25 bits per heavy atom. The summed E-state index contributed by atoms with van der Waals surface area (Å²) >= 11 is 0. The van der Waals surface area contributed by atoms with Gasteiger partial charge in [-0.3, -0.25) is 4.79 Å². The van der Waals surface area contributed by atoms with Crippen LogP contribution >= 0.6 is 0 Å². The summed E-state index contributed by atoms with van der Waals surface area (Å²) in [6.45, 7) is 6.06. The van der Waals surface area contributed by atoms with Crippen molar-refractivity contribution >= 4 is 5.91 Å². The second-order valence-corrected chi connectivity index (χ2v) is 5.62. The maximum Gasteiger partial charge on any atom is 0.224 e. The summed E-state index contributed by atoms with van der Waals surface area (Å²) in [5.74, 6) is 0.779. The smallest absolute Gasteiger partial charge is 0.224 e. The molecule has 0 bridgehead atoms. The molecule has 1 aliphatic heterocycles. The van der Waals surface area contributed by atoms with E-state index in [4.69, 9.17) is 10.5 Å². The quantitative estimate of drug-likeness (QED) is 0.772. The molecule has 1 saturated heterocycles. The van der Waals surface area contributed by atoms with E-state index in [1.807, 2.05) is 18.7 Å². The van der Waals surface area contributed by atoms with Crippen molar-refractivity contribution in [3.8, 4) is 0 Å². The molecule has 0 aromatic heterocycles. The highest BCUT2D eigenvalue weighted by molar-refractivity contribution is 5.77. The summed E-state index contributed by atoms with van der Waals surface area (Å²) in [7, 11) is 0. The number of hydrogen-bond acceptors (Lipinski definition) is 3. The third kappa shape index (κ3) is 2.55. The van der Waals surface area contributed by atoms with Gasteiger partial charge in [0, 0.05) is 19.0 Å². The van der Waals surface area contributed by atoms with E-state index in [2.05, 4.69) is 0 Å². The Kier molecular flexibility index (Phi) is 3.22. The molecular weight excluding hydrogens is 204 g/mol. The predicted octanol–water partition coefficient (Wildman–Crippen LogP) is 0.751. The van der Waals surface area contributed by atoms with Crippen LogP contribution in [0.4, 0.5) is 0 Å². The Balaban J connectivity index is 1.91. The predicted molar refractivity (Wildman–Crippen MR) is 61.9 cm³/mol. The van der Waals surface area contributed by atoms with Crippen LogP contribution in [0.3, 0.4) is 0 Å². The van der Waals surface area contributed by atoms with E-state index >= 15 is 0 Å². The molecule has 2 fully saturated rings. The zero-order valence-corrected chi connectivity index (χ0v) is 10.2. The Labute approximate surface area is 97.1 Å². The zero-order valence-electron chi connectivity index (χ0n) is 10.2. The van der Waals surface area contributed by atoms with Crippen LogP contribution in [0.1, 0.15) is 33.1 Å². The molecule has 4 heteroatoms. The summed E-state index contributed by atoms with van der Waals surface area (Å²) in [6.07, 6.45) is 2.88. The van der Waals surface area contributed by atoms with Crippen LogP contribution in [-0.2, 0) is 9.53 Å². The highest BCUT2D eigenvalue weighted by atomic mass is 16.5. The monoisotopic (exact) mass is 226 g/mol. The van der Waals surface area contributed by atoms with Crippen LogP contribution in [0.25, 0.3) is 0 Å². The second kappa shape index (κ2) is 4.34. The van der Waals surface area contributed by atoms with Crippen LogP contribution in [0, 0.1) is 5.92 Å². The van der Waals surface area contributed by atoms with Crippen molar-refractivity contribution in [1.82, 2.24) is 4.90 Å². The van der Waals surface area contributed by atoms with Gasteiger partial charge in [0.25, 0.3) is 0 Å². The Morgan fingerprint density at radius 1 is 1.56 bits per heavy atom. The lowest BCUT2D eigenvalue weighted by Crippen LogP contribution is -2.56. The standard InChI is InChI=1S/C12H22N2O2/c1-12(2)8-16-6-5-14(12)11(15)7-10(13)9-3-4-9/h9-10H,3-8,13H2,1-2H3. The Morgan fingerprint density at radius 3 is 2.81 bits per heavy atom. The minimum Gasteiger partial charge on any atom is -0.377 e. The highest BCUT2D eigenvalue weighted by Crippen LogP contribution is 2.33. The highest BCUT2D eigenvalue weighted by Gasteiger charge is 2.36. The molecule has 4 nitrogen and oxygen atoms in total. The van der Waals surface area contributed by atoms with Gasteiger partial charge in [0.05, 0.1) is 18.8 Å². The first kappa shape index (κ1) is 11.9. The van der Waals surface area contributed by atoms with Crippen molar-refractivity contribution in [2.45, 2.75) is 44.7 Å². The van der Waals surface area contributed by atoms with Gasteiger partial charge < -0.3 is 15.4 Å². The van der Waals surface area contributed by atoms with Gasteiger partial charge in [-0.25, -0.2) is 0 Å². The maximum absolute atomic E-state index is 12.1. The van der Waals surface area contributed by atoms with Crippen LogP contribution in [0.15, 0.2) is 0 Å². The van der Waals surface area contributed by atoms with E-state index in [9.17, 15) is 4.79 Å². The van der Waals surface area contributed by atoms with Crippen LogP contribution < -0.4 is 5.73 Å². The molecule has 1 saturated carbocycles. The normalized spacial score (nSPS) is 26.6. The average molecular weight is 226 g/mol. The first-order valence-electron chi connectivity index (χ1n) is 6.14. The molecular formula is C12H22N2O2. The van der Waals surface area contributed by atoms with Crippen LogP contribution in [0.5, 0.6) is 0 Å². The molecule has 1 aliphatic carbocycles. The van der Waals surface area contributed by atoms with E-state index in [1.54, 1.807) is 0 Å². The maximum atomic E-state index is 12.1. The summed E-state index contributed by atoms with van der Waals surface area (Å²) < 4.78 is 5.40. The first-order chi connectivity index (χ1) is 7.50. The third-order valence-corrected chi connectivity index (χ3v) is 3.58.